The molecule has 0 aromatic heterocycles. The first kappa shape index (κ1) is 11.7. The molecule has 0 N–H and O–H groups in total. The molecular formula is C12H21N3. The van der Waals surface area contributed by atoms with E-state index in [9.17, 15) is 0 Å². The molecule has 84 valence electrons. The fourth-order valence-electron chi connectivity index (χ4n) is 1.65. The van der Waals surface area contributed by atoms with E-state index in [0.717, 1.165) is 39.3 Å². The zero-order valence-electron chi connectivity index (χ0n) is 9.44. The van der Waals surface area contributed by atoms with Gasteiger partial charge in [-0.25, -0.2) is 0 Å². The molecule has 0 saturated carbocycles. The zero-order valence-corrected chi connectivity index (χ0v) is 9.44. The Labute approximate surface area is 93.0 Å². The molecule has 3 nitrogen and oxygen atoms in total. The molecule has 1 fully saturated rings. The molecule has 0 bridgehead atoms. The van der Waals surface area contributed by atoms with Crippen LogP contribution in [0.25, 0.3) is 0 Å². The van der Waals surface area contributed by atoms with Gasteiger partial charge in [0.05, 0.1) is 0 Å². The largest absolute Gasteiger partial charge is 0.374 e. The molecule has 0 aromatic carbocycles. The lowest BCUT2D eigenvalue weighted by atomic mass is 10.4. The Morgan fingerprint density at radius 1 is 0.533 bits per heavy atom. The van der Waals surface area contributed by atoms with Crippen LogP contribution in [0.4, 0.5) is 0 Å². The van der Waals surface area contributed by atoms with E-state index < -0.39 is 0 Å². The summed E-state index contributed by atoms with van der Waals surface area (Å²) in [7, 11) is 0. The van der Waals surface area contributed by atoms with E-state index in [2.05, 4.69) is 34.4 Å². The van der Waals surface area contributed by atoms with E-state index in [1.165, 1.54) is 0 Å². The maximum Gasteiger partial charge on any atom is 0.0349 e. The summed E-state index contributed by atoms with van der Waals surface area (Å²) < 4.78 is 0. The van der Waals surface area contributed by atoms with Crippen molar-refractivity contribution in [1.29, 1.82) is 0 Å². The second-order valence-electron chi connectivity index (χ2n) is 3.66. The average molecular weight is 207 g/mol. The number of hydrogen-bond donors (Lipinski definition) is 0. The van der Waals surface area contributed by atoms with Crippen LogP contribution in [-0.2, 0) is 0 Å². The molecule has 1 saturated heterocycles. The van der Waals surface area contributed by atoms with Crippen LogP contribution >= 0.6 is 0 Å². The van der Waals surface area contributed by atoms with E-state index in [1.54, 1.807) is 0 Å². The minimum atomic E-state index is 1.01. The predicted octanol–water partition coefficient (Wildman–Crippen LogP) is 1.34. The molecule has 3 heteroatoms. The van der Waals surface area contributed by atoms with Crippen molar-refractivity contribution in [2.45, 2.75) is 0 Å². The van der Waals surface area contributed by atoms with Crippen LogP contribution in [0.3, 0.4) is 0 Å². The summed E-state index contributed by atoms with van der Waals surface area (Å²) in [6.07, 6.45) is 5.73. The van der Waals surface area contributed by atoms with Gasteiger partial charge in [0, 0.05) is 39.3 Å². The predicted molar refractivity (Wildman–Crippen MR) is 65.3 cm³/mol. The highest BCUT2D eigenvalue weighted by Crippen LogP contribution is 2.00. The van der Waals surface area contributed by atoms with Crippen LogP contribution in [0.5, 0.6) is 0 Å². The lowest BCUT2D eigenvalue weighted by Gasteiger charge is -2.22. The van der Waals surface area contributed by atoms with E-state index in [0.29, 0.717) is 0 Å². The Bertz CT molecular complexity index is 175. The molecule has 1 aliphatic rings. The van der Waals surface area contributed by atoms with E-state index >= 15 is 0 Å². The maximum atomic E-state index is 3.83. The van der Waals surface area contributed by atoms with E-state index in [-0.39, 0.29) is 0 Å². The topological polar surface area (TPSA) is 9.72 Å². The van der Waals surface area contributed by atoms with Crippen LogP contribution in [0.15, 0.2) is 38.3 Å². The number of nitrogens with zero attached hydrogens (tertiary/aromatic N) is 3. The van der Waals surface area contributed by atoms with E-state index in [1.807, 2.05) is 18.6 Å². The van der Waals surface area contributed by atoms with Crippen molar-refractivity contribution < 1.29 is 0 Å². The molecule has 15 heavy (non-hydrogen) atoms. The second-order valence-corrected chi connectivity index (χ2v) is 3.66. The van der Waals surface area contributed by atoms with E-state index in [4.69, 9.17) is 0 Å². The van der Waals surface area contributed by atoms with Crippen molar-refractivity contribution in [2.75, 3.05) is 39.3 Å². The summed E-state index contributed by atoms with van der Waals surface area (Å²) in [5, 5.41) is 0. The van der Waals surface area contributed by atoms with Gasteiger partial charge in [-0.05, 0) is 18.6 Å². The summed E-state index contributed by atoms with van der Waals surface area (Å²) in [6, 6.07) is 0. The monoisotopic (exact) mass is 207 g/mol. The molecule has 1 heterocycles. The van der Waals surface area contributed by atoms with Crippen LogP contribution < -0.4 is 0 Å². The lowest BCUT2D eigenvalue weighted by Crippen LogP contribution is -2.30. The second kappa shape index (κ2) is 6.17. The van der Waals surface area contributed by atoms with Gasteiger partial charge in [-0.3, -0.25) is 0 Å². The molecule has 0 amide bonds. The minimum Gasteiger partial charge on any atom is -0.374 e. The van der Waals surface area contributed by atoms with Gasteiger partial charge in [0.15, 0.2) is 0 Å². The molecule has 1 rings (SSSR count). The summed E-state index contributed by atoms with van der Waals surface area (Å²) in [5.74, 6) is 0. The van der Waals surface area contributed by atoms with Gasteiger partial charge in [-0.15, -0.1) is 0 Å². The van der Waals surface area contributed by atoms with Crippen molar-refractivity contribution in [2.24, 2.45) is 0 Å². The molecule has 0 spiro atoms. The highest BCUT2D eigenvalue weighted by Gasteiger charge is 2.09. The van der Waals surface area contributed by atoms with Gasteiger partial charge >= 0.3 is 0 Å². The van der Waals surface area contributed by atoms with Crippen LogP contribution in [0, 0.1) is 0 Å². The lowest BCUT2D eigenvalue weighted by molar-refractivity contribution is 0.320. The summed E-state index contributed by atoms with van der Waals surface area (Å²) in [4.78, 5) is 6.70. The van der Waals surface area contributed by atoms with Crippen molar-refractivity contribution in [3.8, 4) is 0 Å². The normalized spacial score (nSPS) is 18.8. The van der Waals surface area contributed by atoms with Crippen molar-refractivity contribution >= 4 is 0 Å². The fraction of sp³-hybridized carbons (Fsp3) is 0.500. The molecule has 0 unspecified atom stereocenters. The van der Waals surface area contributed by atoms with Gasteiger partial charge in [0.1, 0.15) is 0 Å². The molecule has 0 aliphatic carbocycles. The third kappa shape index (κ3) is 3.70. The van der Waals surface area contributed by atoms with Crippen molar-refractivity contribution in [1.82, 2.24) is 14.7 Å². The standard InChI is InChI=1S/C12H21N3/c1-4-13-7-9-14(5-2)11-12-15(6-3)10-8-13/h4-6H,1-3,7-12H2. The molecular weight excluding hydrogens is 186 g/mol. The Morgan fingerprint density at radius 3 is 0.867 bits per heavy atom. The summed E-state index contributed by atoms with van der Waals surface area (Å²) in [5.41, 5.74) is 0. The molecule has 1 aliphatic heterocycles. The zero-order chi connectivity index (χ0) is 11.1. The van der Waals surface area contributed by atoms with Crippen molar-refractivity contribution in [3.63, 3.8) is 0 Å². The number of rotatable bonds is 3. The van der Waals surface area contributed by atoms with Crippen LogP contribution in [-0.4, -0.2) is 54.0 Å². The average Bonchev–Trinajstić information content (AvgIpc) is 2.38. The quantitative estimate of drug-likeness (QED) is 0.691. The van der Waals surface area contributed by atoms with Gasteiger partial charge in [-0.2, -0.15) is 0 Å². The van der Waals surface area contributed by atoms with Crippen LogP contribution in [0.1, 0.15) is 0 Å². The van der Waals surface area contributed by atoms with Gasteiger partial charge < -0.3 is 14.7 Å². The number of hydrogen-bond acceptors (Lipinski definition) is 3. The molecule has 0 aromatic rings. The first-order valence-corrected chi connectivity index (χ1v) is 5.40. The van der Waals surface area contributed by atoms with Gasteiger partial charge in [0.2, 0.25) is 0 Å². The highest BCUT2D eigenvalue weighted by molar-refractivity contribution is 4.83. The summed E-state index contributed by atoms with van der Waals surface area (Å²) >= 11 is 0. The smallest absolute Gasteiger partial charge is 0.0349 e. The molecule has 0 atom stereocenters. The first-order chi connectivity index (χ1) is 7.30. The Morgan fingerprint density at radius 2 is 0.733 bits per heavy atom. The Hall–Kier alpha value is -1.38. The molecule has 0 radical (unpaired) electrons. The van der Waals surface area contributed by atoms with Gasteiger partial charge in [0.25, 0.3) is 0 Å². The highest BCUT2D eigenvalue weighted by atomic mass is 15.2. The Balaban J connectivity index is 2.58. The third-order valence-corrected chi connectivity index (χ3v) is 2.80. The van der Waals surface area contributed by atoms with Crippen molar-refractivity contribution in [3.05, 3.63) is 38.3 Å². The van der Waals surface area contributed by atoms with Crippen LogP contribution in [0.2, 0.25) is 0 Å². The SMILES string of the molecule is C=CN1CCN(C=C)CCN(C=C)CC1. The first-order valence-electron chi connectivity index (χ1n) is 5.40. The van der Waals surface area contributed by atoms with Gasteiger partial charge in [-0.1, -0.05) is 19.7 Å². The fourth-order valence-corrected chi connectivity index (χ4v) is 1.65. The minimum absolute atomic E-state index is 1.01. The third-order valence-electron chi connectivity index (χ3n) is 2.80. The maximum absolute atomic E-state index is 3.83. The summed E-state index contributed by atoms with van der Waals surface area (Å²) in [6.45, 7) is 17.6. The Kier molecular flexibility index (Phi) is 4.81.